The normalized spacial score (nSPS) is 21.8. The number of hydrogen-bond acceptors (Lipinski definition) is 7. The molecule has 118 valence electrons. The molecule has 1 aliphatic heterocycles. The first-order chi connectivity index (χ1) is 10.4. The number of thiophene rings is 1. The lowest BCUT2D eigenvalue weighted by molar-refractivity contribution is -0.120. The van der Waals surface area contributed by atoms with Gasteiger partial charge >= 0.3 is 0 Å². The van der Waals surface area contributed by atoms with Gasteiger partial charge in [0.1, 0.15) is 16.2 Å². The monoisotopic (exact) mass is 357 g/mol. The van der Waals surface area contributed by atoms with Crippen LogP contribution in [0.5, 0.6) is 0 Å². The number of carbonyl (C=O) groups is 1. The maximum absolute atomic E-state index is 12.2. The number of aromatic nitrogens is 2. The molecule has 0 bridgehead atoms. The average molecular weight is 357 g/mol. The lowest BCUT2D eigenvalue weighted by Gasteiger charge is -2.15. The summed E-state index contributed by atoms with van der Waals surface area (Å²) in [6, 6.07) is 1.67. The summed E-state index contributed by atoms with van der Waals surface area (Å²) in [6.07, 6.45) is 1.99. The molecule has 22 heavy (non-hydrogen) atoms. The molecule has 1 saturated heterocycles. The van der Waals surface area contributed by atoms with Crippen molar-refractivity contribution in [2.75, 3.05) is 11.5 Å². The molecule has 2 aromatic rings. The zero-order valence-electron chi connectivity index (χ0n) is 11.9. The van der Waals surface area contributed by atoms with E-state index in [4.69, 9.17) is 0 Å². The lowest BCUT2D eigenvalue weighted by Crippen LogP contribution is -2.39. The number of rotatable bonds is 4. The Balaban J connectivity index is 1.65. The summed E-state index contributed by atoms with van der Waals surface area (Å²) in [5, 5.41) is 6.13. The largest absolute Gasteiger partial charge is 0.351 e. The predicted octanol–water partition coefficient (Wildman–Crippen LogP) is 1.48. The topological polar surface area (TPSA) is 89.0 Å². The van der Waals surface area contributed by atoms with E-state index >= 15 is 0 Å². The summed E-state index contributed by atoms with van der Waals surface area (Å²) >= 11 is 2.89. The smallest absolute Gasteiger partial charge is 0.233 e. The predicted molar refractivity (Wildman–Crippen MR) is 87.9 cm³/mol. The van der Waals surface area contributed by atoms with Gasteiger partial charge in [-0.3, -0.25) is 4.79 Å². The minimum absolute atomic E-state index is 0.0401. The van der Waals surface area contributed by atoms with E-state index in [2.05, 4.69) is 15.3 Å². The Morgan fingerprint density at radius 3 is 3.05 bits per heavy atom. The van der Waals surface area contributed by atoms with Crippen LogP contribution < -0.4 is 5.32 Å². The molecule has 1 aliphatic rings. The Morgan fingerprint density at radius 1 is 1.50 bits per heavy atom. The zero-order chi connectivity index (χ0) is 15.7. The molecule has 0 aromatic carbocycles. The van der Waals surface area contributed by atoms with Gasteiger partial charge in [-0.25, -0.2) is 18.4 Å². The molecule has 6 nitrogen and oxygen atoms in total. The van der Waals surface area contributed by atoms with Gasteiger partial charge in [-0.15, -0.1) is 11.3 Å². The Morgan fingerprint density at radius 2 is 2.32 bits per heavy atom. The third-order valence-electron chi connectivity index (χ3n) is 3.46. The quantitative estimate of drug-likeness (QED) is 0.658. The second kappa shape index (κ2) is 6.13. The Kier molecular flexibility index (Phi) is 4.37. The van der Waals surface area contributed by atoms with Crippen LogP contribution in [0.1, 0.15) is 13.3 Å². The summed E-state index contributed by atoms with van der Waals surface area (Å²) in [5.41, 5.74) is 0. The molecule has 1 amide bonds. The van der Waals surface area contributed by atoms with Gasteiger partial charge in [-0.05, 0) is 24.8 Å². The molecule has 1 fully saturated rings. The van der Waals surface area contributed by atoms with Crippen LogP contribution in [0.15, 0.2) is 22.8 Å². The number of nitrogens with zero attached hydrogens (tertiary/aromatic N) is 2. The van der Waals surface area contributed by atoms with E-state index in [9.17, 15) is 13.2 Å². The number of carbonyl (C=O) groups excluding carboxylic acids is 1. The van der Waals surface area contributed by atoms with Crippen LogP contribution in [0.25, 0.3) is 10.2 Å². The first-order valence-electron chi connectivity index (χ1n) is 6.80. The third kappa shape index (κ3) is 3.41. The summed E-state index contributed by atoms with van der Waals surface area (Å²) < 4.78 is 22.9. The number of amides is 1. The molecule has 0 aliphatic carbocycles. The fourth-order valence-corrected chi connectivity index (χ4v) is 5.69. The molecular weight excluding hydrogens is 342 g/mol. The van der Waals surface area contributed by atoms with Gasteiger partial charge in [0.15, 0.2) is 9.84 Å². The van der Waals surface area contributed by atoms with Gasteiger partial charge in [0, 0.05) is 11.4 Å². The highest BCUT2D eigenvalue weighted by Gasteiger charge is 2.30. The first kappa shape index (κ1) is 15.7. The summed E-state index contributed by atoms with van der Waals surface area (Å²) in [5.74, 6) is 0.0355. The highest BCUT2D eigenvalue weighted by atomic mass is 32.2. The second-order valence-corrected chi connectivity index (χ2v) is 9.64. The van der Waals surface area contributed by atoms with Crippen molar-refractivity contribution in [2.45, 2.75) is 29.7 Å². The van der Waals surface area contributed by atoms with Crippen LogP contribution in [0.4, 0.5) is 0 Å². The van der Waals surface area contributed by atoms with Crippen LogP contribution in [-0.4, -0.2) is 47.1 Å². The summed E-state index contributed by atoms with van der Waals surface area (Å²) in [7, 11) is -2.99. The highest BCUT2D eigenvalue weighted by Crippen LogP contribution is 2.30. The van der Waals surface area contributed by atoms with E-state index in [1.165, 1.54) is 29.4 Å². The van der Waals surface area contributed by atoms with E-state index in [1.807, 2.05) is 11.4 Å². The molecule has 0 saturated carbocycles. The van der Waals surface area contributed by atoms with Gasteiger partial charge in [-0.1, -0.05) is 11.8 Å². The molecule has 2 atom stereocenters. The lowest BCUT2D eigenvalue weighted by atomic mass is 10.2. The molecular formula is C13H15N3O3S3. The first-order valence-corrected chi connectivity index (χ1v) is 10.4. The molecule has 9 heteroatoms. The molecule has 2 aromatic heterocycles. The fourth-order valence-electron chi connectivity index (χ4n) is 2.31. The Bertz CT molecular complexity index is 803. The standard InChI is InChI=1S/C13H15N3O3S3/c1-8(11(17)16-9-3-5-22(18,19)6-9)21-13-10-2-4-20-12(10)14-7-15-13/h2,4,7-9H,3,5-6H2,1H3,(H,16,17)/t8-,9+/m0/s1. The zero-order valence-corrected chi connectivity index (χ0v) is 14.3. The maximum atomic E-state index is 12.2. The minimum atomic E-state index is -2.99. The van der Waals surface area contributed by atoms with E-state index in [1.54, 1.807) is 6.92 Å². The fraction of sp³-hybridized carbons (Fsp3) is 0.462. The van der Waals surface area contributed by atoms with Crippen molar-refractivity contribution in [3.05, 3.63) is 17.8 Å². The van der Waals surface area contributed by atoms with Gasteiger partial charge < -0.3 is 5.32 Å². The van der Waals surface area contributed by atoms with E-state index in [-0.39, 0.29) is 28.7 Å². The number of thioether (sulfide) groups is 1. The van der Waals surface area contributed by atoms with Crippen molar-refractivity contribution in [3.8, 4) is 0 Å². The van der Waals surface area contributed by atoms with Crippen molar-refractivity contribution in [1.82, 2.24) is 15.3 Å². The maximum Gasteiger partial charge on any atom is 0.233 e. The van der Waals surface area contributed by atoms with Gasteiger partial charge in [-0.2, -0.15) is 0 Å². The van der Waals surface area contributed by atoms with Crippen molar-refractivity contribution < 1.29 is 13.2 Å². The number of hydrogen-bond donors (Lipinski definition) is 1. The summed E-state index contributed by atoms with van der Waals surface area (Å²) in [6.45, 7) is 1.80. The van der Waals surface area contributed by atoms with Gasteiger partial charge in [0.25, 0.3) is 0 Å². The van der Waals surface area contributed by atoms with Crippen LogP contribution in [0.2, 0.25) is 0 Å². The molecule has 0 unspecified atom stereocenters. The number of sulfone groups is 1. The molecule has 0 radical (unpaired) electrons. The Hall–Kier alpha value is -1.19. The molecule has 1 N–H and O–H groups in total. The second-order valence-electron chi connectivity index (χ2n) is 5.19. The van der Waals surface area contributed by atoms with Crippen molar-refractivity contribution >= 4 is 49.1 Å². The summed E-state index contributed by atoms with van der Waals surface area (Å²) in [4.78, 5) is 21.5. The molecule has 3 rings (SSSR count). The highest BCUT2D eigenvalue weighted by molar-refractivity contribution is 8.00. The van der Waals surface area contributed by atoms with Crippen molar-refractivity contribution in [1.29, 1.82) is 0 Å². The van der Waals surface area contributed by atoms with Crippen LogP contribution >= 0.6 is 23.1 Å². The Labute approximate surface area is 136 Å². The van der Waals surface area contributed by atoms with Crippen LogP contribution in [-0.2, 0) is 14.6 Å². The molecule has 3 heterocycles. The number of fused-ring (bicyclic) bond motifs is 1. The minimum Gasteiger partial charge on any atom is -0.351 e. The SMILES string of the molecule is C[C@H](Sc1ncnc2sccc12)C(=O)N[C@@H]1CCS(=O)(=O)C1. The van der Waals surface area contributed by atoms with Gasteiger partial charge in [0.05, 0.1) is 16.8 Å². The molecule has 0 spiro atoms. The van der Waals surface area contributed by atoms with E-state index in [0.717, 1.165) is 15.2 Å². The third-order valence-corrected chi connectivity index (χ3v) is 7.17. The van der Waals surface area contributed by atoms with E-state index < -0.39 is 9.84 Å². The van der Waals surface area contributed by atoms with Crippen molar-refractivity contribution in [3.63, 3.8) is 0 Å². The van der Waals surface area contributed by atoms with Crippen LogP contribution in [0, 0.1) is 0 Å². The van der Waals surface area contributed by atoms with Gasteiger partial charge in [0.2, 0.25) is 5.91 Å². The van der Waals surface area contributed by atoms with E-state index in [0.29, 0.717) is 6.42 Å². The number of nitrogens with one attached hydrogen (secondary N) is 1. The van der Waals surface area contributed by atoms with Crippen molar-refractivity contribution in [2.24, 2.45) is 0 Å². The average Bonchev–Trinajstić information content (AvgIpc) is 3.05. The van der Waals surface area contributed by atoms with Crippen LogP contribution in [0.3, 0.4) is 0 Å².